The summed E-state index contributed by atoms with van der Waals surface area (Å²) >= 11 is 0. The van der Waals surface area contributed by atoms with Crippen LogP contribution in [0.5, 0.6) is 0 Å². The number of hydrogen-bond acceptors (Lipinski definition) is 4. The van der Waals surface area contributed by atoms with Crippen LogP contribution in [0.1, 0.15) is 22.8 Å². The summed E-state index contributed by atoms with van der Waals surface area (Å²) in [7, 11) is 0. The first-order chi connectivity index (χ1) is 15.1. The van der Waals surface area contributed by atoms with Gasteiger partial charge in [-0.25, -0.2) is 4.79 Å². The van der Waals surface area contributed by atoms with Crippen LogP contribution in [0.15, 0.2) is 84.9 Å². The van der Waals surface area contributed by atoms with Crippen LogP contribution in [0.25, 0.3) is 0 Å². The minimum absolute atomic E-state index is 0.186. The quantitative estimate of drug-likeness (QED) is 0.562. The van der Waals surface area contributed by atoms with Gasteiger partial charge in [0.2, 0.25) is 5.91 Å². The van der Waals surface area contributed by atoms with Crippen molar-refractivity contribution in [3.05, 3.63) is 96.1 Å². The molecule has 6 heteroatoms. The zero-order valence-electron chi connectivity index (χ0n) is 17.3. The Morgan fingerprint density at radius 1 is 0.839 bits per heavy atom. The fraction of sp³-hybridized carbons (Fsp3) is 0.160. The van der Waals surface area contributed by atoms with E-state index in [0.29, 0.717) is 12.2 Å². The lowest BCUT2D eigenvalue weighted by Crippen LogP contribution is -2.34. The summed E-state index contributed by atoms with van der Waals surface area (Å²) in [5.41, 5.74) is 2.14. The number of nitrogens with one attached hydrogen (secondary N) is 1. The van der Waals surface area contributed by atoms with Crippen molar-refractivity contribution in [2.75, 3.05) is 23.4 Å². The number of hydrogen-bond donors (Lipinski definition) is 1. The van der Waals surface area contributed by atoms with Crippen LogP contribution in [0, 0.1) is 0 Å². The molecule has 1 N–H and O–H groups in total. The Labute approximate surface area is 181 Å². The van der Waals surface area contributed by atoms with Gasteiger partial charge in [-0.1, -0.05) is 60.7 Å². The van der Waals surface area contributed by atoms with Crippen LogP contribution in [0.4, 0.5) is 11.4 Å². The molecule has 3 aromatic rings. The van der Waals surface area contributed by atoms with Crippen LogP contribution >= 0.6 is 0 Å². The molecule has 6 nitrogen and oxygen atoms in total. The van der Waals surface area contributed by atoms with Gasteiger partial charge in [0.15, 0.2) is 6.61 Å². The topological polar surface area (TPSA) is 75.7 Å². The normalized spacial score (nSPS) is 10.2. The van der Waals surface area contributed by atoms with Gasteiger partial charge in [-0.05, 0) is 36.8 Å². The second-order valence-electron chi connectivity index (χ2n) is 6.81. The van der Waals surface area contributed by atoms with E-state index < -0.39 is 12.6 Å². The molecule has 3 rings (SSSR count). The average Bonchev–Trinajstić information content (AvgIpc) is 2.79. The van der Waals surface area contributed by atoms with Crippen molar-refractivity contribution in [2.24, 2.45) is 0 Å². The van der Waals surface area contributed by atoms with Crippen molar-refractivity contribution in [3.63, 3.8) is 0 Å². The van der Waals surface area contributed by atoms with Crippen LogP contribution < -0.4 is 10.2 Å². The van der Waals surface area contributed by atoms with E-state index in [9.17, 15) is 14.4 Å². The van der Waals surface area contributed by atoms with Gasteiger partial charge >= 0.3 is 5.97 Å². The van der Waals surface area contributed by atoms with Gasteiger partial charge in [0.1, 0.15) is 0 Å². The predicted octanol–water partition coefficient (Wildman–Crippen LogP) is 4.08. The molecule has 0 heterocycles. The Morgan fingerprint density at radius 3 is 2.13 bits per heavy atom. The molecule has 0 aliphatic carbocycles. The lowest BCUT2D eigenvalue weighted by atomic mass is 10.1. The van der Waals surface area contributed by atoms with Crippen LogP contribution in [-0.2, 0) is 20.7 Å². The maximum atomic E-state index is 12.6. The van der Waals surface area contributed by atoms with E-state index in [1.807, 2.05) is 67.6 Å². The van der Waals surface area contributed by atoms with Gasteiger partial charge in [0.25, 0.3) is 5.91 Å². The number of likely N-dealkylation sites (N-methyl/N-ethyl adjacent to an activating group) is 1. The van der Waals surface area contributed by atoms with Crippen molar-refractivity contribution in [2.45, 2.75) is 13.3 Å². The number of benzene rings is 3. The molecule has 158 valence electrons. The number of carbonyl (C=O) groups is 3. The van der Waals surface area contributed by atoms with E-state index in [0.717, 1.165) is 11.3 Å². The first kappa shape index (κ1) is 21.8. The first-order valence-electron chi connectivity index (χ1n) is 10.0. The van der Waals surface area contributed by atoms with E-state index in [4.69, 9.17) is 4.74 Å². The molecule has 0 bridgehead atoms. The van der Waals surface area contributed by atoms with Gasteiger partial charge in [-0.15, -0.1) is 0 Å². The predicted molar refractivity (Wildman–Crippen MR) is 120 cm³/mol. The maximum absolute atomic E-state index is 12.6. The Morgan fingerprint density at radius 2 is 1.45 bits per heavy atom. The molecule has 0 fully saturated rings. The summed E-state index contributed by atoms with van der Waals surface area (Å²) in [4.78, 5) is 39.1. The molecule has 0 spiro atoms. The Kier molecular flexibility index (Phi) is 7.54. The number of nitrogens with zero attached hydrogens (tertiary/aromatic N) is 1. The number of carbonyl (C=O) groups excluding carboxylic acids is 3. The highest BCUT2D eigenvalue weighted by Crippen LogP contribution is 2.18. The zero-order chi connectivity index (χ0) is 22.1. The molecule has 0 aliphatic rings. The average molecular weight is 416 g/mol. The Bertz CT molecular complexity index is 1040. The monoisotopic (exact) mass is 416 g/mol. The lowest BCUT2D eigenvalue weighted by Gasteiger charge is -2.21. The van der Waals surface area contributed by atoms with Crippen LogP contribution in [-0.4, -0.2) is 30.9 Å². The molecule has 0 radical (unpaired) electrons. The molecule has 31 heavy (non-hydrogen) atoms. The van der Waals surface area contributed by atoms with Crippen molar-refractivity contribution in [1.82, 2.24) is 0 Å². The van der Waals surface area contributed by atoms with Gasteiger partial charge in [-0.2, -0.15) is 0 Å². The van der Waals surface area contributed by atoms with E-state index in [2.05, 4.69) is 5.32 Å². The van der Waals surface area contributed by atoms with Crippen molar-refractivity contribution < 1.29 is 19.1 Å². The molecule has 2 amide bonds. The molecule has 0 unspecified atom stereocenters. The second-order valence-corrected chi connectivity index (χ2v) is 6.81. The van der Waals surface area contributed by atoms with Gasteiger partial charge < -0.3 is 15.0 Å². The SMILES string of the molecule is CCN(C(=O)COC(=O)c1ccccc1NC(=O)Cc1ccccc1)c1ccccc1. The van der Waals surface area contributed by atoms with Crippen molar-refractivity contribution in [3.8, 4) is 0 Å². The summed E-state index contributed by atoms with van der Waals surface area (Å²) in [5, 5.41) is 2.75. The summed E-state index contributed by atoms with van der Waals surface area (Å²) in [6.45, 7) is 1.91. The summed E-state index contributed by atoms with van der Waals surface area (Å²) in [6.07, 6.45) is 0.186. The van der Waals surface area contributed by atoms with Gasteiger partial charge in [-0.3, -0.25) is 9.59 Å². The molecule has 0 aromatic heterocycles. The fourth-order valence-electron chi connectivity index (χ4n) is 3.14. The summed E-state index contributed by atoms with van der Waals surface area (Å²) < 4.78 is 5.25. The molecular formula is C25H24N2O4. The second kappa shape index (κ2) is 10.7. The van der Waals surface area contributed by atoms with Crippen LogP contribution in [0.2, 0.25) is 0 Å². The number of esters is 1. The van der Waals surface area contributed by atoms with E-state index in [1.54, 1.807) is 29.2 Å². The third-order valence-corrected chi connectivity index (χ3v) is 4.64. The summed E-state index contributed by atoms with van der Waals surface area (Å²) in [6, 6.07) is 25.1. The van der Waals surface area contributed by atoms with E-state index in [-0.39, 0.29) is 23.8 Å². The third-order valence-electron chi connectivity index (χ3n) is 4.64. The minimum atomic E-state index is -0.673. The Balaban J connectivity index is 1.63. The Hall–Kier alpha value is -3.93. The highest BCUT2D eigenvalue weighted by Gasteiger charge is 2.19. The highest BCUT2D eigenvalue weighted by atomic mass is 16.5. The zero-order valence-corrected chi connectivity index (χ0v) is 17.3. The van der Waals surface area contributed by atoms with E-state index in [1.165, 1.54) is 0 Å². The molecule has 0 aliphatic heterocycles. The fourth-order valence-corrected chi connectivity index (χ4v) is 3.14. The standard InChI is InChI=1S/C25H24N2O4/c1-2-27(20-13-7-4-8-14-20)24(29)18-31-25(30)21-15-9-10-16-22(21)26-23(28)17-19-11-5-3-6-12-19/h3-16H,2,17-18H2,1H3,(H,26,28). The maximum Gasteiger partial charge on any atom is 0.340 e. The van der Waals surface area contributed by atoms with E-state index >= 15 is 0 Å². The summed E-state index contributed by atoms with van der Waals surface area (Å²) in [5.74, 6) is -1.25. The molecular weight excluding hydrogens is 392 g/mol. The molecule has 3 aromatic carbocycles. The highest BCUT2D eigenvalue weighted by molar-refractivity contribution is 6.03. The largest absolute Gasteiger partial charge is 0.452 e. The van der Waals surface area contributed by atoms with Crippen molar-refractivity contribution >= 4 is 29.2 Å². The molecule has 0 saturated heterocycles. The van der Waals surface area contributed by atoms with Crippen LogP contribution in [0.3, 0.4) is 0 Å². The van der Waals surface area contributed by atoms with Gasteiger partial charge in [0, 0.05) is 12.2 Å². The molecule has 0 atom stereocenters. The third kappa shape index (κ3) is 6.02. The number of para-hydroxylation sites is 2. The minimum Gasteiger partial charge on any atom is -0.452 e. The first-order valence-corrected chi connectivity index (χ1v) is 10.0. The number of amides is 2. The smallest absolute Gasteiger partial charge is 0.340 e. The lowest BCUT2D eigenvalue weighted by molar-refractivity contribution is -0.121. The van der Waals surface area contributed by atoms with Crippen molar-refractivity contribution in [1.29, 1.82) is 0 Å². The van der Waals surface area contributed by atoms with Gasteiger partial charge in [0.05, 0.1) is 17.7 Å². The number of rotatable bonds is 8. The molecule has 0 saturated carbocycles. The number of anilines is 2. The number of ether oxygens (including phenoxy) is 1.